The molecule has 0 heterocycles. The number of halogens is 4. The average molecular weight is 375 g/mol. The Morgan fingerprint density at radius 3 is 2.56 bits per heavy atom. The van der Waals surface area contributed by atoms with Crippen LogP contribution in [0.5, 0.6) is 11.5 Å². The maximum Gasteiger partial charge on any atom is 0.416 e. The highest BCUT2D eigenvalue weighted by Crippen LogP contribution is 2.36. The van der Waals surface area contributed by atoms with E-state index in [1.54, 1.807) is 24.3 Å². The first-order chi connectivity index (χ1) is 11.8. The summed E-state index contributed by atoms with van der Waals surface area (Å²) in [4.78, 5) is 11.0. The van der Waals surface area contributed by atoms with Crippen LogP contribution in [0, 0.1) is 0 Å². The minimum atomic E-state index is -4.47. The first kappa shape index (κ1) is 19.1. The van der Waals surface area contributed by atoms with Crippen LogP contribution in [0.25, 0.3) is 0 Å². The van der Waals surface area contributed by atoms with Gasteiger partial charge in [-0.1, -0.05) is 23.7 Å². The van der Waals surface area contributed by atoms with Crippen molar-refractivity contribution >= 4 is 17.6 Å². The molecule has 2 rings (SSSR count). The standard InChI is InChI=1S/C17H14ClF3O4/c1-23-16(22)10-24-9-11-3-2-4-13(7-11)25-15-6-5-12(8-14(15)18)17(19,20)21/h2-8H,9-10H2,1H3. The Morgan fingerprint density at radius 2 is 1.92 bits per heavy atom. The molecule has 0 N–H and O–H groups in total. The van der Waals surface area contributed by atoms with Crippen molar-refractivity contribution in [3.63, 3.8) is 0 Å². The van der Waals surface area contributed by atoms with Crippen molar-refractivity contribution in [3.8, 4) is 11.5 Å². The van der Waals surface area contributed by atoms with Crippen molar-refractivity contribution in [2.75, 3.05) is 13.7 Å². The lowest BCUT2D eigenvalue weighted by Gasteiger charge is -2.12. The van der Waals surface area contributed by atoms with E-state index in [-0.39, 0.29) is 24.0 Å². The highest BCUT2D eigenvalue weighted by Gasteiger charge is 2.31. The van der Waals surface area contributed by atoms with E-state index in [1.807, 2.05) is 0 Å². The second-order valence-corrected chi connectivity index (χ2v) is 5.37. The molecule has 0 fully saturated rings. The van der Waals surface area contributed by atoms with Gasteiger partial charge in [-0.05, 0) is 35.9 Å². The van der Waals surface area contributed by atoms with Crippen LogP contribution in [0.3, 0.4) is 0 Å². The maximum absolute atomic E-state index is 12.6. The number of esters is 1. The quantitative estimate of drug-likeness (QED) is 0.679. The molecule has 0 saturated carbocycles. The lowest BCUT2D eigenvalue weighted by molar-refractivity contribution is -0.146. The van der Waals surface area contributed by atoms with Crippen molar-refractivity contribution < 1.29 is 32.2 Å². The monoisotopic (exact) mass is 374 g/mol. The highest BCUT2D eigenvalue weighted by molar-refractivity contribution is 6.32. The summed E-state index contributed by atoms with van der Waals surface area (Å²) in [6.45, 7) is -0.0423. The number of hydrogen-bond donors (Lipinski definition) is 0. The Balaban J connectivity index is 2.05. The van der Waals surface area contributed by atoms with Crippen molar-refractivity contribution in [2.45, 2.75) is 12.8 Å². The SMILES string of the molecule is COC(=O)COCc1cccc(Oc2ccc(C(F)(F)F)cc2Cl)c1. The van der Waals surface area contributed by atoms with Gasteiger partial charge in [0.05, 0.1) is 24.3 Å². The van der Waals surface area contributed by atoms with Gasteiger partial charge in [0.2, 0.25) is 0 Å². The minimum absolute atomic E-state index is 0.0993. The summed E-state index contributed by atoms with van der Waals surface area (Å²) in [5, 5.41) is -0.151. The third-order valence-corrected chi connectivity index (χ3v) is 3.40. The Bertz CT molecular complexity index is 747. The van der Waals surface area contributed by atoms with Gasteiger partial charge < -0.3 is 14.2 Å². The molecule has 0 aliphatic heterocycles. The highest BCUT2D eigenvalue weighted by atomic mass is 35.5. The number of carbonyl (C=O) groups is 1. The van der Waals surface area contributed by atoms with Gasteiger partial charge in [0.1, 0.15) is 18.1 Å². The predicted molar refractivity (Wildman–Crippen MR) is 84.6 cm³/mol. The van der Waals surface area contributed by atoms with Crippen molar-refractivity contribution in [1.29, 1.82) is 0 Å². The topological polar surface area (TPSA) is 44.8 Å². The molecule has 134 valence electrons. The van der Waals surface area contributed by atoms with E-state index in [1.165, 1.54) is 7.11 Å². The second kappa shape index (κ2) is 8.22. The molecule has 0 bridgehead atoms. The first-order valence-corrected chi connectivity index (χ1v) is 7.45. The Morgan fingerprint density at radius 1 is 1.16 bits per heavy atom. The average Bonchev–Trinajstić information content (AvgIpc) is 2.56. The molecule has 0 saturated heterocycles. The second-order valence-electron chi connectivity index (χ2n) is 4.96. The van der Waals surface area contributed by atoms with Gasteiger partial charge in [0.25, 0.3) is 0 Å². The minimum Gasteiger partial charge on any atom is -0.467 e. The molecule has 25 heavy (non-hydrogen) atoms. The molecule has 0 aromatic heterocycles. The molecule has 2 aromatic rings. The number of ether oxygens (including phenoxy) is 3. The summed E-state index contributed by atoms with van der Waals surface area (Å²) < 4.78 is 53.0. The van der Waals surface area contributed by atoms with E-state index in [4.69, 9.17) is 21.1 Å². The smallest absolute Gasteiger partial charge is 0.416 e. The van der Waals surface area contributed by atoms with E-state index in [9.17, 15) is 18.0 Å². The number of hydrogen-bond acceptors (Lipinski definition) is 4. The molecule has 0 unspecified atom stereocenters. The summed E-state index contributed by atoms with van der Waals surface area (Å²) in [6, 6.07) is 9.54. The Labute approximate surface area is 147 Å². The zero-order valence-corrected chi connectivity index (χ0v) is 13.9. The van der Waals surface area contributed by atoms with Gasteiger partial charge in [-0.25, -0.2) is 4.79 Å². The third-order valence-electron chi connectivity index (χ3n) is 3.10. The van der Waals surface area contributed by atoms with Crippen molar-refractivity contribution in [2.24, 2.45) is 0 Å². The number of rotatable bonds is 6. The van der Waals surface area contributed by atoms with Crippen LogP contribution in [-0.2, 0) is 27.1 Å². The molecule has 0 amide bonds. The molecular formula is C17H14ClF3O4. The molecule has 8 heteroatoms. The Hall–Kier alpha value is -2.25. The van der Waals surface area contributed by atoms with Gasteiger partial charge in [-0.3, -0.25) is 0 Å². The maximum atomic E-state index is 12.6. The summed E-state index contributed by atoms with van der Waals surface area (Å²) in [5.74, 6) is -0.0212. The lowest BCUT2D eigenvalue weighted by Crippen LogP contribution is -2.09. The summed E-state index contributed by atoms with van der Waals surface area (Å²) in [7, 11) is 1.26. The lowest BCUT2D eigenvalue weighted by atomic mass is 10.2. The van der Waals surface area contributed by atoms with E-state index in [2.05, 4.69) is 4.74 Å². The molecular weight excluding hydrogens is 361 g/mol. The van der Waals surface area contributed by atoms with Gasteiger partial charge in [-0.15, -0.1) is 0 Å². The zero-order chi connectivity index (χ0) is 18.4. The zero-order valence-electron chi connectivity index (χ0n) is 13.1. The number of methoxy groups -OCH3 is 1. The van der Waals surface area contributed by atoms with Gasteiger partial charge in [-0.2, -0.15) is 13.2 Å². The molecule has 0 aliphatic rings. The fourth-order valence-corrected chi connectivity index (χ4v) is 2.12. The molecule has 2 aromatic carbocycles. The molecule has 0 atom stereocenters. The van der Waals surface area contributed by atoms with E-state index in [0.717, 1.165) is 18.2 Å². The van der Waals surface area contributed by atoms with Crippen LogP contribution in [0.15, 0.2) is 42.5 Å². The summed E-state index contributed by atoms with van der Waals surface area (Å²) in [6.07, 6.45) is -4.47. The fourth-order valence-electron chi connectivity index (χ4n) is 1.90. The number of benzene rings is 2. The van der Waals surface area contributed by atoms with Crippen LogP contribution < -0.4 is 4.74 Å². The van der Waals surface area contributed by atoms with E-state index >= 15 is 0 Å². The number of carbonyl (C=O) groups excluding carboxylic acids is 1. The van der Waals surface area contributed by atoms with E-state index in [0.29, 0.717) is 11.3 Å². The molecule has 0 aliphatic carbocycles. The molecule has 4 nitrogen and oxygen atoms in total. The first-order valence-electron chi connectivity index (χ1n) is 7.07. The third kappa shape index (κ3) is 5.65. The fraction of sp³-hybridized carbons (Fsp3) is 0.235. The largest absolute Gasteiger partial charge is 0.467 e. The molecule has 0 spiro atoms. The molecule has 0 radical (unpaired) electrons. The van der Waals surface area contributed by atoms with Gasteiger partial charge in [0, 0.05) is 0 Å². The predicted octanol–water partition coefficient (Wildman–Crippen LogP) is 4.84. The van der Waals surface area contributed by atoms with Crippen LogP contribution in [-0.4, -0.2) is 19.7 Å². The summed E-state index contributed by atoms with van der Waals surface area (Å²) in [5.41, 5.74) is -0.140. The van der Waals surface area contributed by atoms with Crippen LogP contribution in [0.1, 0.15) is 11.1 Å². The number of alkyl halides is 3. The normalized spacial score (nSPS) is 11.2. The van der Waals surface area contributed by atoms with Gasteiger partial charge >= 0.3 is 12.1 Å². The van der Waals surface area contributed by atoms with Crippen LogP contribution in [0.2, 0.25) is 5.02 Å². The van der Waals surface area contributed by atoms with Crippen LogP contribution >= 0.6 is 11.6 Å². The van der Waals surface area contributed by atoms with Crippen molar-refractivity contribution in [1.82, 2.24) is 0 Å². The Kier molecular flexibility index (Phi) is 6.27. The van der Waals surface area contributed by atoms with Crippen LogP contribution in [0.4, 0.5) is 13.2 Å². The van der Waals surface area contributed by atoms with E-state index < -0.39 is 17.7 Å². The van der Waals surface area contributed by atoms with Crippen molar-refractivity contribution in [3.05, 3.63) is 58.6 Å². The summed E-state index contributed by atoms with van der Waals surface area (Å²) >= 11 is 5.86. The van der Waals surface area contributed by atoms with Gasteiger partial charge in [0.15, 0.2) is 0 Å².